The maximum Gasteiger partial charge on any atom is 0.0634 e. The maximum atomic E-state index is 5.65. The van der Waals surface area contributed by atoms with Crippen molar-refractivity contribution < 1.29 is 4.74 Å². The summed E-state index contributed by atoms with van der Waals surface area (Å²) < 4.78 is 5.37. The predicted molar refractivity (Wildman–Crippen MR) is 67.2 cm³/mol. The zero-order valence-corrected chi connectivity index (χ0v) is 10.4. The Kier molecular flexibility index (Phi) is 4.48. The lowest BCUT2D eigenvalue weighted by Gasteiger charge is -2.26. The number of aryl methyl sites for hydroxylation is 1. The average molecular weight is 235 g/mol. The summed E-state index contributed by atoms with van der Waals surface area (Å²) in [5.74, 6) is 6.34. The predicted octanol–water partition coefficient (Wildman–Crippen LogP) is 1.71. The molecule has 1 unspecified atom stereocenters. The number of hydrogen-bond acceptors (Lipinski definition) is 4. The molecule has 0 aliphatic carbocycles. The molecule has 0 radical (unpaired) electrons. The number of hydrogen-bond donors (Lipinski definition) is 2. The van der Waals surface area contributed by atoms with Gasteiger partial charge in [0.05, 0.1) is 11.7 Å². The summed E-state index contributed by atoms with van der Waals surface area (Å²) >= 11 is 0. The van der Waals surface area contributed by atoms with Crippen LogP contribution in [0.15, 0.2) is 18.3 Å². The van der Waals surface area contributed by atoms with E-state index in [0.717, 1.165) is 38.2 Å². The summed E-state index contributed by atoms with van der Waals surface area (Å²) in [5, 5.41) is 0. The Morgan fingerprint density at radius 3 is 2.94 bits per heavy atom. The number of nitrogens with one attached hydrogen (secondary N) is 1. The van der Waals surface area contributed by atoms with Crippen LogP contribution in [0.25, 0.3) is 0 Å². The van der Waals surface area contributed by atoms with Crippen LogP contribution in [-0.2, 0) is 4.74 Å². The Morgan fingerprint density at radius 2 is 2.29 bits per heavy atom. The van der Waals surface area contributed by atoms with Gasteiger partial charge in [-0.2, -0.15) is 0 Å². The first-order valence-electron chi connectivity index (χ1n) is 6.26. The van der Waals surface area contributed by atoms with Gasteiger partial charge in [-0.3, -0.25) is 16.3 Å². The van der Waals surface area contributed by atoms with Crippen molar-refractivity contribution in [2.75, 3.05) is 13.2 Å². The molecule has 17 heavy (non-hydrogen) atoms. The minimum absolute atomic E-state index is 0.151. The van der Waals surface area contributed by atoms with Gasteiger partial charge in [-0.05, 0) is 49.8 Å². The van der Waals surface area contributed by atoms with E-state index in [1.807, 2.05) is 12.3 Å². The molecule has 94 valence electrons. The standard InChI is InChI=1S/C13H21N3O/c1-10-2-5-15-12(8-10)13(16-14)9-11-3-6-17-7-4-11/h2,5,8,11,13,16H,3-4,6-7,9,14H2,1H3. The lowest BCUT2D eigenvalue weighted by Crippen LogP contribution is -2.31. The second-order valence-corrected chi connectivity index (χ2v) is 4.77. The molecule has 0 saturated carbocycles. The highest BCUT2D eigenvalue weighted by Gasteiger charge is 2.20. The summed E-state index contributed by atoms with van der Waals surface area (Å²) in [6.45, 7) is 3.83. The third-order valence-corrected chi connectivity index (χ3v) is 3.40. The third-order valence-electron chi connectivity index (χ3n) is 3.40. The molecule has 1 atom stereocenters. The van der Waals surface area contributed by atoms with Crippen molar-refractivity contribution in [3.8, 4) is 0 Å². The van der Waals surface area contributed by atoms with Gasteiger partial charge in [-0.1, -0.05) is 0 Å². The van der Waals surface area contributed by atoms with Crippen LogP contribution in [0.2, 0.25) is 0 Å². The topological polar surface area (TPSA) is 60.2 Å². The van der Waals surface area contributed by atoms with E-state index in [-0.39, 0.29) is 6.04 Å². The zero-order valence-electron chi connectivity index (χ0n) is 10.4. The Morgan fingerprint density at radius 1 is 1.53 bits per heavy atom. The highest BCUT2D eigenvalue weighted by molar-refractivity contribution is 5.17. The molecule has 0 amide bonds. The monoisotopic (exact) mass is 235 g/mol. The van der Waals surface area contributed by atoms with Gasteiger partial charge in [-0.15, -0.1) is 0 Å². The largest absolute Gasteiger partial charge is 0.381 e. The van der Waals surface area contributed by atoms with Gasteiger partial charge in [0.1, 0.15) is 0 Å². The number of hydrazine groups is 1. The van der Waals surface area contributed by atoms with Crippen LogP contribution in [0, 0.1) is 12.8 Å². The van der Waals surface area contributed by atoms with Crippen LogP contribution in [-0.4, -0.2) is 18.2 Å². The van der Waals surface area contributed by atoms with Gasteiger partial charge >= 0.3 is 0 Å². The summed E-state index contributed by atoms with van der Waals surface area (Å²) in [4.78, 5) is 4.40. The van der Waals surface area contributed by atoms with Crippen LogP contribution in [0.1, 0.15) is 36.6 Å². The van der Waals surface area contributed by atoms with Crippen molar-refractivity contribution >= 4 is 0 Å². The van der Waals surface area contributed by atoms with Gasteiger partial charge in [0.2, 0.25) is 0 Å². The van der Waals surface area contributed by atoms with E-state index in [4.69, 9.17) is 10.6 Å². The van der Waals surface area contributed by atoms with Crippen molar-refractivity contribution in [3.63, 3.8) is 0 Å². The minimum Gasteiger partial charge on any atom is -0.381 e. The summed E-state index contributed by atoms with van der Waals surface area (Å²) in [6.07, 6.45) is 5.14. The molecule has 2 heterocycles. The fourth-order valence-electron chi connectivity index (χ4n) is 2.34. The maximum absolute atomic E-state index is 5.65. The third kappa shape index (κ3) is 3.49. The molecule has 0 bridgehead atoms. The van der Waals surface area contributed by atoms with Crippen LogP contribution in [0.5, 0.6) is 0 Å². The van der Waals surface area contributed by atoms with Crippen molar-refractivity contribution in [1.29, 1.82) is 0 Å². The number of nitrogens with zero attached hydrogens (tertiary/aromatic N) is 1. The van der Waals surface area contributed by atoms with E-state index in [0.29, 0.717) is 5.92 Å². The number of ether oxygens (including phenoxy) is 1. The molecule has 4 heteroatoms. The Balaban J connectivity index is 2.00. The Bertz CT molecular complexity index is 350. The van der Waals surface area contributed by atoms with E-state index in [1.54, 1.807) is 0 Å². The van der Waals surface area contributed by atoms with E-state index in [2.05, 4.69) is 23.4 Å². The molecule has 1 aliphatic rings. The van der Waals surface area contributed by atoms with Gasteiger partial charge < -0.3 is 4.74 Å². The van der Waals surface area contributed by atoms with E-state index < -0.39 is 0 Å². The van der Waals surface area contributed by atoms with Crippen molar-refractivity contribution in [2.45, 2.75) is 32.2 Å². The van der Waals surface area contributed by atoms with Gasteiger partial charge in [0, 0.05) is 19.4 Å². The number of pyridine rings is 1. The van der Waals surface area contributed by atoms with Crippen molar-refractivity contribution in [3.05, 3.63) is 29.6 Å². The highest BCUT2D eigenvalue weighted by atomic mass is 16.5. The highest BCUT2D eigenvalue weighted by Crippen LogP contribution is 2.26. The minimum atomic E-state index is 0.151. The fraction of sp³-hybridized carbons (Fsp3) is 0.615. The molecule has 3 N–H and O–H groups in total. The molecular formula is C13H21N3O. The molecule has 4 nitrogen and oxygen atoms in total. The molecule has 2 rings (SSSR count). The van der Waals surface area contributed by atoms with Crippen LogP contribution in [0.4, 0.5) is 0 Å². The van der Waals surface area contributed by atoms with Crippen LogP contribution in [0.3, 0.4) is 0 Å². The molecule has 1 aromatic heterocycles. The van der Waals surface area contributed by atoms with Crippen LogP contribution < -0.4 is 11.3 Å². The summed E-state index contributed by atoms with van der Waals surface area (Å²) in [5.41, 5.74) is 5.15. The second-order valence-electron chi connectivity index (χ2n) is 4.77. The SMILES string of the molecule is Cc1ccnc(C(CC2CCOCC2)NN)c1. The normalized spacial score (nSPS) is 19.2. The van der Waals surface area contributed by atoms with E-state index in [1.165, 1.54) is 5.56 Å². The van der Waals surface area contributed by atoms with E-state index >= 15 is 0 Å². The number of aromatic nitrogens is 1. The first-order chi connectivity index (χ1) is 8.29. The fourth-order valence-corrected chi connectivity index (χ4v) is 2.34. The first-order valence-corrected chi connectivity index (χ1v) is 6.26. The molecule has 1 fully saturated rings. The summed E-state index contributed by atoms with van der Waals surface area (Å²) in [7, 11) is 0. The lowest BCUT2D eigenvalue weighted by molar-refractivity contribution is 0.0603. The Hall–Kier alpha value is -0.970. The molecule has 1 aromatic rings. The molecular weight excluding hydrogens is 214 g/mol. The van der Waals surface area contributed by atoms with Crippen LogP contribution >= 0.6 is 0 Å². The molecule has 0 spiro atoms. The number of nitrogens with two attached hydrogens (primary N) is 1. The average Bonchev–Trinajstić information content (AvgIpc) is 2.37. The zero-order chi connectivity index (χ0) is 12.1. The van der Waals surface area contributed by atoms with Gasteiger partial charge in [0.25, 0.3) is 0 Å². The summed E-state index contributed by atoms with van der Waals surface area (Å²) in [6, 6.07) is 4.26. The van der Waals surface area contributed by atoms with Gasteiger partial charge in [-0.25, -0.2) is 0 Å². The molecule has 1 aliphatic heterocycles. The smallest absolute Gasteiger partial charge is 0.0634 e. The quantitative estimate of drug-likeness (QED) is 0.616. The number of rotatable bonds is 4. The first kappa shape index (κ1) is 12.5. The molecule has 1 saturated heterocycles. The lowest BCUT2D eigenvalue weighted by atomic mass is 9.91. The van der Waals surface area contributed by atoms with Crippen molar-refractivity contribution in [2.24, 2.45) is 11.8 Å². The van der Waals surface area contributed by atoms with E-state index in [9.17, 15) is 0 Å². The van der Waals surface area contributed by atoms with Crippen molar-refractivity contribution in [1.82, 2.24) is 10.4 Å². The molecule has 0 aromatic carbocycles. The second kappa shape index (κ2) is 6.10. The Labute approximate surface area is 103 Å². The van der Waals surface area contributed by atoms with Gasteiger partial charge in [0.15, 0.2) is 0 Å².